The molecule has 26 heavy (non-hydrogen) atoms. The minimum atomic E-state index is -0.153. The zero-order valence-electron chi connectivity index (χ0n) is 14.7. The van der Waals surface area contributed by atoms with E-state index < -0.39 is 0 Å². The van der Waals surface area contributed by atoms with Crippen molar-refractivity contribution in [2.75, 3.05) is 6.54 Å². The molecule has 0 saturated carbocycles. The Balaban J connectivity index is 1.47. The van der Waals surface area contributed by atoms with E-state index in [1.165, 1.54) is 0 Å². The topological polar surface area (TPSA) is 38.8 Å². The number of nitrogens with zero attached hydrogens (tertiary/aromatic N) is 1. The Bertz CT molecular complexity index is 759. The Hall–Kier alpha value is -2.43. The van der Waals surface area contributed by atoms with Crippen LogP contribution in [0.1, 0.15) is 17.5 Å². The third-order valence-electron chi connectivity index (χ3n) is 4.98. The van der Waals surface area contributed by atoms with Crippen LogP contribution in [0.5, 0.6) is 0 Å². The van der Waals surface area contributed by atoms with Crippen LogP contribution in [-0.2, 0) is 27.5 Å². The maximum absolute atomic E-state index is 12.3. The maximum Gasteiger partial charge on any atom is 0.227 e. The van der Waals surface area contributed by atoms with Crippen molar-refractivity contribution in [3.8, 4) is 0 Å². The van der Waals surface area contributed by atoms with E-state index in [0.29, 0.717) is 26.2 Å². The predicted molar refractivity (Wildman–Crippen MR) is 99.3 cm³/mol. The maximum atomic E-state index is 12.3. The molecule has 1 saturated heterocycles. The van der Waals surface area contributed by atoms with Crippen molar-refractivity contribution in [2.24, 2.45) is 0 Å². The van der Waals surface area contributed by atoms with Gasteiger partial charge in [0.05, 0.1) is 25.8 Å². The molecule has 3 atom stereocenters. The predicted octanol–water partition coefficient (Wildman–Crippen LogP) is 3.33. The van der Waals surface area contributed by atoms with Crippen LogP contribution >= 0.6 is 0 Å². The average Bonchev–Trinajstić information content (AvgIpc) is 3.05. The second-order valence-corrected chi connectivity index (χ2v) is 6.77. The molecule has 4 nitrogen and oxygen atoms in total. The molecule has 2 aromatic rings. The second-order valence-electron chi connectivity index (χ2n) is 6.77. The molecule has 0 aliphatic carbocycles. The van der Waals surface area contributed by atoms with Gasteiger partial charge in [0.1, 0.15) is 12.2 Å². The van der Waals surface area contributed by atoms with Crippen molar-refractivity contribution < 1.29 is 14.3 Å². The molecule has 2 heterocycles. The molecule has 0 aromatic heterocycles. The highest BCUT2D eigenvalue weighted by atomic mass is 16.5. The number of carbonyl (C=O) groups is 1. The molecule has 0 radical (unpaired) electrons. The van der Waals surface area contributed by atoms with Gasteiger partial charge < -0.3 is 14.4 Å². The summed E-state index contributed by atoms with van der Waals surface area (Å²) in [4.78, 5) is 14.2. The highest BCUT2D eigenvalue weighted by Gasteiger charge is 2.45. The first kappa shape index (κ1) is 17.0. The van der Waals surface area contributed by atoms with E-state index in [1.807, 2.05) is 59.5 Å². The molecular weight excluding hydrogens is 326 g/mol. The molecule has 0 unspecified atom stereocenters. The summed E-state index contributed by atoms with van der Waals surface area (Å²) in [5.41, 5.74) is 2.25. The van der Waals surface area contributed by atoms with Gasteiger partial charge in [-0.3, -0.25) is 4.79 Å². The van der Waals surface area contributed by atoms with Gasteiger partial charge in [-0.15, -0.1) is 0 Å². The molecule has 2 aromatic carbocycles. The van der Waals surface area contributed by atoms with E-state index >= 15 is 0 Å². The number of carbonyl (C=O) groups excluding carboxylic acids is 1. The number of hydrogen-bond donors (Lipinski definition) is 0. The van der Waals surface area contributed by atoms with Crippen molar-refractivity contribution in [3.05, 3.63) is 83.9 Å². The van der Waals surface area contributed by atoms with Gasteiger partial charge in [-0.05, 0) is 11.1 Å². The Morgan fingerprint density at radius 2 is 1.50 bits per heavy atom. The first-order valence-corrected chi connectivity index (χ1v) is 9.08. The molecule has 1 fully saturated rings. The lowest BCUT2D eigenvalue weighted by Gasteiger charge is -2.28. The molecule has 0 bridgehead atoms. The minimum absolute atomic E-state index is 0.0410. The average molecular weight is 349 g/mol. The van der Waals surface area contributed by atoms with Crippen molar-refractivity contribution in [1.29, 1.82) is 0 Å². The summed E-state index contributed by atoms with van der Waals surface area (Å²) in [5.74, 6) is 0.150. The first-order chi connectivity index (χ1) is 12.8. The summed E-state index contributed by atoms with van der Waals surface area (Å²) >= 11 is 0. The van der Waals surface area contributed by atoms with E-state index in [-0.39, 0.29) is 24.2 Å². The summed E-state index contributed by atoms with van der Waals surface area (Å²) < 4.78 is 12.4. The minimum Gasteiger partial charge on any atom is -0.369 e. The number of benzene rings is 2. The Kier molecular flexibility index (Phi) is 5.14. The molecule has 2 aliphatic heterocycles. The van der Waals surface area contributed by atoms with Crippen LogP contribution in [0.3, 0.4) is 0 Å². The molecule has 0 N–H and O–H groups in total. The fourth-order valence-electron chi connectivity index (χ4n) is 3.62. The zero-order chi connectivity index (χ0) is 17.8. The van der Waals surface area contributed by atoms with Gasteiger partial charge in [0.25, 0.3) is 0 Å². The third kappa shape index (κ3) is 3.71. The highest BCUT2D eigenvalue weighted by molar-refractivity contribution is 5.80. The van der Waals surface area contributed by atoms with Crippen molar-refractivity contribution in [2.45, 2.75) is 37.9 Å². The normalized spacial score (nSPS) is 24.7. The second kappa shape index (κ2) is 7.85. The SMILES string of the molecule is O=C1CC=C[C@H]2[C@@H](OCc3ccccc3)[C@H](OCc3ccccc3)CN12. The van der Waals surface area contributed by atoms with Gasteiger partial charge in [-0.2, -0.15) is 0 Å². The van der Waals surface area contributed by atoms with Crippen molar-refractivity contribution >= 4 is 5.91 Å². The standard InChI is InChI=1S/C22H23NO3/c24-21-13-7-12-19-22(26-16-18-10-5-2-6-11-18)20(14-23(19)21)25-15-17-8-3-1-4-9-17/h1-12,19-20,22H,13-16H2/t19-,20+,22+/m0/s1. The summed E-state index contributed by atoms with van der Waals surface area (Å²) in [6.45, 7) is 1.62. The van der Waals surface area contributed by atoms with Gasteiger partial charge in [-0.1, -0.05) is 72.8 Å². The van der Waals surface area contributed by atoms with Gasteiger partial charge in [0.2, 0.25) is 5.91 Å². The molecule has 134 valence electrons. The Morgan fingerprint density at radius 1 is 0.885 bits per heavy atom. The lowest BCUT2D eigenvalue weighted by atomic mass is 10.1. The van der Waals surface area contributed by atoms with Crippen LogP contribution in [0, 0.1) is 0 Å². The van der Waals surface area contributed by atoms with E-state index in [4.69, 9.17) is 9.47 Å². The molecule has 4 rings (SSSR count). The zero-order valence-corrected chi connectivity index (χ0v) is 14.7. The first-order valence-electron chi connectivity index (χ1n) is 9.08. The molecular formula is C22H23NO3. The number of fused-ring (bicyclic) bond motifs is 1. The number of hydrogen-bond acceptors (Lipinski definition) is 3. The fourth-order valence-corrected chi connectivity index (χ4v) is 3.62. The summed E-state index contributed by atoms with van der Waals surface area (Å²) in [6.07, 6.45) is 4.22. The van der Waals surface area contributed by atoms with Gasteiger partial charge in [-0.25, -0.2) is 0 Å². The largest absolute Gasteiger partial charge is 0.369 e. The number of amides is 1. The van der Waals surface area contributed by atoms with Gasteiger partial charge in [0.15, 0.2) is 0 Å². The molecule has 2 aliphatic rings. The molecule has 4 heteroatoms. The summed E-state index contributed by atoms with van der Waals surface area (Å²) in [5, 5.41) is 0. The van der Waals surface area contributed by atoms with Gasteiger partial charge in [0, 0.05) is 6.42 Å². The Labute approximate surface area is 154 Å². The van der Waals surface area contributed by atoms with E-state index in [1.54, 1.807) is 0 Å². The van der Waals surface area contributed by atoms with Crippen LogP contribution in [0.25, 0.3) is 0 Å². The smallest absolute Gasteiger partial charge is 0.227 e. The summed E-state index contributed by atoms with van der Waals surface area (Å²) in [7, 11) is 0. The van der Waals surface area contributed by atoms with E-state index in [0.717, 1.165) is 11.1 Å². The number of rotatable bonds is 6. The number of ether oxygens (including phenoxy) is 2. The third-order valence-corrected chi connectivity index (χ3v) is 4.98. The van der Waals surface area contributed by atoms with E-state index in [2.05, 4.69) is 18.2 Å². The van der Waals surface area contributed by atoms with Crippen LogP contribution in [0.4, 0.5) is 0 Å². The van der Waals surface area contributed by atoms with Crippen molar-refractivity contribution in [1.82, 2.24) is 4.90 Å². The highest BCUT2D eigenvalue weighted by Crippen LogP contribution is 2.29. The lowest BCUT2D eigenvalue weighted by molar-refractivity contribution is -0.132. The van der Waals surface area contributed by atoms with Crippen LogP contribution < -0.4 is 0 Å². The molecule has 1 amide bonds. The van der Waals surface area contributed by atoms with Crippen LogP contribution in [-0.4, -0.2) is 35.6 Å². The van der Waals surface area contributed by atoms with Gasteiger partial charge >= 0.3 is 0 Å². The lowest BCUT2D eigenvalue weighted by Crippen LogP contribution is -2.41. The van der Waals surface area contributed by atoms with Crippen LogP contribution in [0.15, 0.2) is 72.8 Å². The summed E-state index contributed by atoms with van der Waals surface area (Å²) in [6, 6.07) is 20.2. The van der Waals surface area contributed by atoms with Crippen molar-refractivity contribution in [3.63, 3.8) is 0 Å². The molecule has 0 spiro atoms. The van der Waals surface area contributed by atoms with Crippen LogP contribution in [0.2, 0.25) is 0 Å². The monoisotopic (exact) mass is 349 g/mol. The quantitative estimate of drug-likeness (QED) is 0.751. The Morgan fingerprint density at radius 3 is 2.15 bits per heavy atom. The fraction of sp³-hybridized carbons (Fsp3) is 0.318. The van der Waals surface area contributed by atoms with E-state index in [9.17, 15) is 4.79 Å².